The van der Waals surface area contributed by atoms with Crippen molar-refractivity contribution in [3.63, 3.8) is 0 Å². The van der Waals surface area contributed by atoms with Crippen LogP contribution >= 0.6 is 0 Å². The molecule has 1 saturated carbocycles. The van der Waals surface area contributed by atoms with Crippen LogP contribution in [0.1, 0.15) is 52.9 Å². The van der Waals surface area contributed by atoms with Gasteiger partial charge in [-0.3, -0.25) is 0 Å². The zero-order valence-corrected chi connectivity index (χ0v) is 11.3. The molecule has 0 aromatic heterocycles. The third-order valence-corrected chi connectivity index (χ3v) is 3.27. The van der Waals surface area contributed by atoms with Crippen LogP contribution in [0, 0.1) is 0 Å². The van der Waals surface area contributed by atoms with Gasteiger partial charge < -0.3 is 9.47 Å². The second-order valence-corrected chi connectivity index (χ2v) is 5.09. The van der Waals surface area contributed by atoms with Crippen molar-refractivity contribution in [2.75, 3.05) is 6.61 Å². The Morgan fingerprint density at radius 1 is 1.47 bits per heavy atom. The van der Waals surface area contributed by atoms with Gasteiger partial charge in [0.25, 0.3) is 0 Å². The number of ether oxygens (including phenoxy) is 2. The standard InChI is InChI=1S/C14H24O3/c1-5-10-16-12-8-6-7-9-14(12,4)17-13(15)11(2)3/h12H,2,5-10H2,1,3-4H3. The molecular weight excluding hydrogens is 216 g/mol. The lowest BCUT2D eigenvalue weighted by Gasteiger charge is -2.40. The average Bonchev–Trinajstić information content (AvgIpc) is 2.27. The maximum Gasteiger partial charge on any atom is 0.333 e. The van der Waals surface area contributed by atoms with Crippen LogP contribution in [0.5, 0.6) is 0 Å². The van der Waals surface area contributed by atoms with Crippen molar-refractivity contribution in [2.24, 2.45) is 0 Å². The molecule has 98 valence electrons. The summed E-state index contributed by atoms with van der Waals surface area (Å²) < 4.78 is 11.4. The van der Waals surface area contributed by atoms with Crippen LogP contribution in [-0.4, -0.2) is 24.3 Å². The van der Waals surface area contributed by atoms with Crippen molar-refractivity contribution < 1.29 is 14.3 Å². The number of esters is 1. The molecule has 0 radical (unpaired) electrons. The lowest BCUT2D eigenvalue weighted by atomic mass is 9.83. The molecule has 0 aromatic carbocycles. The van der Waals surface area contributed by atoms with E-state index < -0.39 is 5.60 Å². The maximum absolute atomic E-state index is 11.7. The van der Waals surface area contributed by atoms with E-state index >= 15 is 0 Å². The van der Waals surface area contributed by atoms with Gasteiger partial charge in [0, 0.05) is 12.2 Å². The first-order chi connectivity index (χ1) is 7.99. The molecule has 1 aliphatic rings. The highest BCUT2D eigenvalue weighted by molar-refractivity contribution is 5.87. The summed E-state index contributed by atoms with van der Waals surface area (Å²) in [6.45, 7) is 10.1. The Hall–Kier alpha value is -0.830. The molecular formula is C14H24O3. The van der Waals surface area contributed by atoms with Crippen molar-refractivity contribution in [2.45, 2.75) is 64.6 Å². The molecule has 1 fully saturated rings. The molecule has 3 nitrogen and oxygen atoms in total. The Bertz CT molecular complexity index is 285. The smallest absolute Gasteiger partial charge is 0.333 e. The molecule has 1 aliphatic carbocycles. The van der Waals surface area contributed by atoms with Crippen molar-refractivity contribution in [1.82, 2.24) is 0 Å². The molecule has 0 aromatic rings. The van der Waals surface area contributed by atoms with Crippen molar-refractivity contribution in [3.8, 4) is 0 Å². The van der Waals surface area contributed by atoms with Gasteiger partial charge in [-0.1, -0.05) is 19.9 Å². The van der Waals surface area contributed by atoms with E-state index in [-0.39, 0.29) is 12.1 Å². The first-order valence-electron chi connectivity index (χ1n) is 6.50. The molecule has 0 saturated heterocycles. The Kier molecular flexibility index (Phi) is 5.19. The van der Waals surface area contributed by atoms with Gasteiger partial charge in [0.1, 0.15) is 5.60 Å². The molecule has 0 amide bonds. The van der Waals surface area contributed by atoms with Gasteiger partial charge in [-0.2, -0.15) is 0 Å². The van der Waals surface area contributed by atoms with Crippen LogP contribution in [0.3, 0.4) is 0 Å². The third-order valence-electron chi connectivity index (χ3n) is 3.27. The number of hydrogen-bond acceptors (Lipinski definition) is 3. The molecule has 2 unspecified atom stereocenters. The Morgan fingerprint density at radius 3 is 2.76 bits per heavy atom. The van der Waals surface area contributed by atoms with Crippen LogP contribution in [0.15, 0.2) is 12.2 Å². The Morgan fingerprint density at radius 2 is 2.18 bits per heavy atom. The van der Waals surface area contributed by atoms with Gasteiger partial charge in [0.2, 0.25) is 0 Å². The third kappa shape index (κ3) is 3.84. The zero-order chi connectivity index (χ0) is 12.9. The Labute approximate surface area is 104 Å². The molecule has 17 heavy (non-hydrogen) atoms. The summed E-state index contributed by atoms with van der Waals surface area (Å²) in [4.78, 5) is 11.7. The first kappa shape index (κ1) is 14.2. The van der Waals surface area contributed by atoms with E-state index in [0.29, 0.717) is 5.57 Å². The van der Waals surface area contributed by atoms with E-state index in [2.05, 4.69) is 13.5 Å². The fourth-order valence-corrected chi connectivity index (χ4v) is 2.21. The SMILES string of the molecule is C=C(C)C(=O)OC1(C)CCCCC1OCCC. The van der Waals surface area contributed by atoms with E-state index in [1.165, 1.54) is 0 Å². The molecule has 0 spiro atoms. The largest absolute Gasteiger partial charge is 0.453 e. The molecule has 0 heterocycles. The summed E-state index contributed by atoms with van der Waals surface area (Å²) in [6, 6.07) is 0. The average molecular weight is 240 g/mol. The van der Waals surface area contributed by atoms with Gasteiger partial charge in [-0.05, 0) is 39.5 Å². The fraction of sp³-hybridized carbons (Fsp3) is 0.786. The van der Waals surface area contributed by atoms with Crippen molar-refractivity contribution in [1.29, 1.82) is 0 Å². The topological polar surface area (TPSA) is 35.5 Å². The lowest BCUT2D eigenvalue weighted by Crippen LogP contribution is -2.47. The normalized spacial score (nSPS) is 28.8. The van der Waals surface area contributed by atoms with E-state index in [4.69, 9.17) is 9.47 Å². The highest BCUT2D eigenvalue weighted by Crippen LogP contribution is 2.34. The molecule has 0 aliphatic heterocycles. The highest BCUT2D eigenvalue weighted by Gasteiger charge is 2.40. The van der Waals surface area contributed by atoms with Crippen LogP contribution < -0.4 is 0 Å². The summed E-state index contributed by atoms with van der Waals surface area (Å²) >= 11 is 0. The van der Waals surface area contributed by atoms with Crippen LogP contribution in [0.4, 0.5) is 0 Å². The van der Waals surface area contributed by atoms with Crippen molar-refractivity contribution >= 4 is 5.97 Å². The van der Waals surface area contributed by atoms with E-state index in [9.17, 15) is 4.79 Å². The summed E-state index contributed by atoms with van der Waals surface area (Å²) in [5, 5.41) is 0. The van der Waals surface area contributed by atoms with E-state index in [1.54, 1.807) is 6.92 Å². The van der Waals surface area contributed by atoms with Crippen LogP contribution in [0.25, 0.3) is 0 Å². The zero-order valence-electron chi connectivity index (χ0n) is 11.3. The molecule has 1 rings (SSSR count). The Balaban J connectivity index is 2.66. The monoisotopic (exact) mass is 240 g/mol. The summed E-state index contributed by atoms with van der Waals surface area (Å²) in [6.07, 6.45) is 5.10. The summed E-state index contributed by atoms with van der Waals surface area (Å²) in [5.41, 5.74) is -0.0326. The van der Waals surface area contributed by atoms with E-state index in [1.807, 2.05) is 6.92 Å². The lowest BCUT2D eigenvalue weighted by molar-refractivity contribution is -0.178. The second-order valence-electron chi connectivity index (χ2n) is 5.09. The molecule has 0 N–H and O–H groups in total. The van der Waals surface area contributed by atoms with Gasteiger partial charge >= 0.3 is 5.97 Å². The van der Waals surface area contributed by atoms with E-state index in [0.717, 1.165) is 38.7 Å². The first-order valence-corrected chi connectivity index (χ1v) is 6.50. The predicted molar refractivity (Wildman–Crippen MR) is 67.8 cm³/mol. The van der Waals surface area contributed by atoms with Gasteiger partial charge in [-0.15, -0.1) is 0 Å². The summed E-state index contributed by atoms with van der Waals surface area (Å²) in [5.74, 6) is -0.306. The number of carbonyl (C=O) groups is 1. The van der Waals surface area contributed by atoms with Gasteiger partial charge in [-0.25, -0.2) is 4.79 Å². The predicted octanol–water partition coefficient (Wildman–Crippen LogP) is 3.23. The molecule has 3 heteroatoms. The number of hydrogen-bond donors (Lipinski definition) is 0. The number of rotatable bonds is 5. The second kappa shape index (κ2) is 6.20. The number of carbonyl (C=O) groups excluding carboxylic acids is 1. The minimum absolute atomic E-state index is 0.0273. The highest BCUT2D eigenvalue weighted by atomic mass is 16.6. The van der Waals surface area contributed by atoms with Crippen LogP contribution in [0.2, 0.25) is 0 Å². The summed E-state index contributed by atoms with van der Waals surface area (Å²) in [7, 11) is 0. The fourth-order valence-electron chi connectivity index (χ4n) is 2.21. The minimum Gasteiger partial charge on any atom is -0.453 e. The van der Waals surface area contributed by atoms with Gasteiger partial charge in [0.15, 0.2) is 0 Å². The quantitative estimate of drug-likeness (QED) is 0.546. The van der Waals surface area contributed by atoms with Crippen LogP contribution in [-0.2, 0) is 14.3 Å². The van der Waals surface area contributed by atoms with Crippen molar-refractivity contribution in [3.05, 3.63) is 12.2 Å². The van der Waals surface area contributed by atoms with Gasteiger partial charge in [0.05, 0.1) is 6.10 Å². The molecule has 0 bridgehead atoms. The maximum atomic E-state index is 11.7. The minimum atomic E-state index is -0.483. The molecule has 2 atom stereocenters.